The summed E-state index contributed by atoms with van der Waals surface area (Å²) in [5, 5.41) is 0. The first-order chi connectivity index (χ1) is 6.76. The Morgan fingerprint density at radius 1 is 1.33 bits per heavy atom. The van der Waals surface area contributed by atoms with E-state index in [1.54, 1.807) is 0 Å². The van der Waals surface area contributed by atoms with Crippen LogP contribution in [-0.4, -0.2) is 57.9 Å². The Balaban J connectivity index is 4.06. The van der Waals surface area contributed by atoms with E-state index < -0.39 is 21.7 Å². The molecule has 0 saturated carbocycles. The molecule has 0 unspecified atom stereocenters. The van der Waals surface area contributed by atoms with Crippen LogP contribution in [0.4, 0.5) is 0 Å². The lowest BCUT2D eigenvalue weighted by Crippen LogP contribution is -2.33. The first-order valence-electron chi connectivity index (χ1n) is 4.25. The van der Waals surface area contributed by atoms with Crippen LogP contribution >= 0.6 is 0 Å². The molecule has 0 aliphatic heterocycles. The third kappa shape index (κ3) is 6.89. The largest absolute Gasteiger partial charge is 0.468 e. The van der Waals surface area contributed by atoms with Gasteiger partial charge in [-0.05, 0) is 0 Å². The lowest BCUT2D eigenvalue weighted by atomic mass is 10.4. The fourth-order valence-corrected chi connectivity index (χ4v) is 1.36. The molecule has 15 heavy (non-hydrogen) atoms. The van der Waals surface area contributed by atoms with Crippen molar-refractivity contribution in [2.75, 3.05) is 32.7 Å². The van der Waals surface area contributed by atoms with Crippen LogP contribution in [0.2, 0.25) is 0 Å². The lowest BCUT2D eigenvalue weighted by molar-refractivity contribution is -0.145. The number of hydrogen-bond acceptors (Lipinski definition) is 5. The standard InChI is InChI=1S/C8H15NO5S/c1-9(6-8(11)14-2)7(10)4-5-15(3,12)13/h4-6H2,1-3H3. The van der Waals surface area contributed by atoms with Crippen molar-refractivity contribution in [1.29, 1.82) is 0 Å². The van der Waals surface area contributed by atoms with Crippen molar-refractivity contribution in [3.63, 3.8) is 0 Å². The van der Waals surface area contributed by atoms with Crippen molar-refractivity contribution in [2.24, 2.45) is 0 Å². The van der Waals surface area contributed by atoms with Gasteiger partial charge in [0.2, 0.25) is 5.91 Å². The molecule has 0 bridgehead atoms. The topological polar surface area (TPSA) is 80.8 Å². The van der Waals surface area contributed by atoms with Crippen molar-refractivity contribution in [1.82, 2.24) is 4.90 Å². The number of hydrogen-bond donors (Lipinski definition) is 0. The molecule has 0 aromatic heterocycles. The predicted molar refractivity (Wildman–Crippen MR) is 54.0 cm³/mol. The van der Waals surface area contributed by atoms with E-state index in [-0.39, 0.29) is 18.7 Å². The summed E-state index contributed by atoms with van der Waals surface area (Å²) in [5.74, 6) is -1.15. The second kappa shape index (κ2) is 5.69. The van der Waals surface area contributed by atoms with Gasteiger partial charge in [0.1, 0.15) is 16.4 Å². The minimum absolute atomic E-state index is 0.119. The predicted octanol–water partition coefficient (Wildman–Crippen LogP) is -0.947. The molecule has 1 amide bonds. The SMILES string of the molecule is COC(=O)CN(C)C(=O)CCS(C)(=O)=O. The van der Waals surface area contributed by atoms with Crippen LogP contribution in [0.25, 0.3) is 0 Å². The molecule has 0 atom stereocenters. The minimum Gasteiger partial charge on any atom is -0.468 e. The molecule has 0 rings (SSSR count). The molecular weight excluding hydrogens is 222 g/mol. The summed E-state index contributed by atoms with van der Waals surface area (Å²) >= 11 is 0. The number of amides is 1. The van der Waals surface area contributed by atoms with Gasteiger partial charge in [0.25, 0.3) is 0 Å². The zero-order valence-electron chi connectivity index (χ0n) is 9.02. The highest BCUT2D eigenvalue weighted by Gasteiger charge is 2.14. The van der Waals surface area contributed by atoms with E-state index in [1.807, 2.05) is 0 Å². The maximum atomic E-state index is 11.3. The summed E-state index contributed by atoms with van der Waals surface area (Å²) in [6, 6.07) is 0. The molecule has 7 heteroatoms. The minimum atomic E-state index is -3.15. The van der Waals surface area contributed by atoms with Crippen LogP contribution in [0.3, 0.4) is 0 Å². The third-order valence-electron chi connectivity index (χ3n) is 1.71. The molecule has 0 radical (unpaired) electrons. The molecule has 88 valence electrons. The van der Waals surface area contributed by atoms with E-state index in [9.17, 15) is 18.0 Å². The van der Waals surface area contributed by atoms with E-state index >= 15 is 0 Å². The van der Waals surface area contributed by atoms with E-state index in [2.05, 4.69) is 4.74 Å². The summed E-state index contributed by atoms with van der Waals surface area (Å²) < 4.78 is 25.9. The molecule has 0 saturated heterocycles. The fraction of sp³-hybridized carbons (Fsp3) is 0.750. The van der Waals surface area contributed by atoms with Crippen LogP contribution in [0.5, 0.6) is 0 Å². The van der Waals surface area contributed by atoms with E-state index in [0.717, 1.165) is 11.2 Å². The van der Waals surface area contributed by atoms with Crippen LogP contribution in [-0.2, 0) is 24.2 Å². The van der Waals surface area contributed by atoms with E-state index in [0.29, 0.717) is 0 Å². The normalized spacial score (nSPS) is 10.9. The molecule has 0 spiro atoms. The van der Waals surface area contributed by atoms with Crippen molar-refractivity contribution >= 4 is 21.7 Å². The first-order valence-corrected chi connectivity index (χ1v) is 6.31. The quantitative estimate of drug-likeness (QED) is 0.576. The molecule has 0 heterocycles. The summed E-state index contributed by atoms with van der Waals surface area (Å²) in [4.78, 5) is 23.2. The van der Waals surface area contributed by atoms with Crippen LogP contribution in [0.15, 0.2) is 0 Å². The Hall–Kier alpha value is -1.11. The van der Waals surface area contributed by atoms with Crippen LogP contribution < -0.4 is 0 Å². The number of carbonyl (C=O) groups is 2. The van der Waals surface area contributed by atoms with Gasteiger partial charge < -0.3 is 9.64 Å². The van der Waals surface area contributed by atoms with E-state index in [4.69, 9.17) is 0 Å². The third-order valence-corrected chi connectivity index (χ3v) is 2.65. The van der Waals surface area contributed by atoms with Crippen molar-refractivity contribution in [3.8, 4) is 0 Å². The van der Waals surface area contributed by atoms with Gasteiger partial charge in [-0.2, -0.15) is 0 Å². The average molecular weight is 237 g/mol. The van der Waals surface area contributed by atoms with Gasteiger partial charge in [-0.15, -0.1) is 0 Å². The van der Waals surface area contributed by atoms with Gasteiger partial charge >= 0.3 is 5.97 Å². The second-order valence-corrected chi connectivity index (χ2v) is 5.47. The summed E-state index contributed by atoms with van der Waals surface area (Å²) in [5.41, 5.74) is 0. The highest BCUT2D eigenvalue weighted by molar-refractivity contribution is 7.90. The van der Waals surface area contributed by atoms with Gasteiger partial charge in [-0.1, -0.05) is 0 Å². The Morgan fingerprint density at radius 2 is 1.87 bits per heavy atom. The molecular formula is C8H15NO5S. The number of nitrogens with zero attached hydrogens (tertiary/aromatic N) is 1. The molecule has 0 aromatic rings. The van der Waals surface area contributed by atoms with E-state index in [1.165, 1.54) is 14.2 Å². The fourth-order valence-electron chi connectivity index (χ4n) is 0.810. The zero-order chi connectivity index (χ0) is 12.1. The Morgan fingerprint density at radius 3 is 2.27 bits per heavy atom. The first kappa shape index (κ1) is 13.9. The molecule has 0 aliphatic carbocycles. The maximum absolute atomic E-state index is 11.3. The van der Waals surface area contributed by atoms with Gasteiger partial charge in [-0.25, -0.2) is 8.42 Å². The smallest absolute Gasteiger partial charge is 0.325 e. The van der Waals surface area contributed by atoms with Gasteiger partial charge in [0.15, 0.2) is 0 Å². The van der Waals surface area contributed by atoms with Crippen molar-refractivity contribution < 1.29 is 22.7 Å². The number of ether oxygens (including phenoxy) is 1. The number of esters is 1. The second-order valence-electron chi connectivity index (χ2n) is 3.21. The molecule has 0 aromatic carbocycles. The highest BCUT2D eigenvalue weighted by Crippen LogP contribution is 1.95. The average Bonchev–Trinajstić information content (AvgIpc) is 2.12. The van der Waals surface area contributed by atoms with Crippen molar-refractivity contribution in [3.05, 3.63) is 0 Å². The highest BCUT2D eigenvalue weighted by atomic mass is 32.2. The number of sulfone groups is 1. The molecule has 0 fully saturated rings. The zero-order valence-corrected chi connectivity index (χ0v) is 9.83. The summed E-state index contributed by atoms with van der Waals surface area (Å²) in [6.45, 7) is -0.168. The lowest BCUT2D eigenvalue weighted by Gasteiger charge is -2.14. The maximum Gasteiger partial charge on any atom is 0.325 e. The summed E-state index contributed by atoms with van der Waals surface area (Å²) in [7, 11) is -0.513. The van der Waals surface area contributed by atoms with Gasteiger partial charge in [-0.3, -0.25) is 9.59 Å². The number of rotatable bonds is 5. The number of carbonyl (C=O) groups excluding carboxylic acids is 2. The molecule has 0 aliphatic rings. The number of likely N-dealkylation sites (N-methyl/N-ethyl adjacent to an activating group) is 1. The monoisotopic (exact) mass is 237 g/mol. The van der Waals surface area contributed by atoms with Gasteiger partial charge in [0.05, 0.1) is 12.9 Å². The summed E-state index contributed by atoms with van der Waals surface area (Å²) in [6.07, 6.45) is 0.937. The number of methoxy groups -OCH3 is 1. The Kier molecular flexibility index (Phi) is 5.27. The molecule has 6 nitrogen and oxygen atoms in total. The Bertz CT molecular complexity index is 335. The van der Waals surface area contributed by atoms with Crippen molar-refractivity contribution in [2.45, 2.75) is 6.42 Å². The van der Waals surface area contributed by atoms with Crippen LogP contribution in [0, 0.1) is 0 Å². The van der Waals surface area contributed by atoms with Crippen LogP contribution in [0.1, 0.15) is 6.42 Å². The van der Waals surface area contributed by atoms with Gasteiger partial charge in [0, 0.05) is 19.7 Å². The Labute approximate surface area is 89.1 Å². The molecule has 0 N–H and O–H groups in total.